The first-order valence-corrected chi connectivity index (χ1v) is 8.67. The van der Waals surface area contributed by atoms with E-state index >= 15 is 0 Å². The van der Waals surface area contributed by atoms with Crippen LogP contribution in [0.5, 0.6) is 5.75 Å². The van der Waals surface area contributed by atoms with E-state index in [4.69, 9.17) is 10.00 Å². The predicted octanol–water partition coefficient (Wildman–Crippen LogP) is 2.67. The summed E-state index contributed by atoms with van der Waals surface area (Å²) in [6, 6.07) is 9.71. The number of carbonyl (C=O) groups excluding carboxylic acids is 2. The molecule has 10 heteroatoms. The third kappa shape index (κ3) is 3.67. The summed E-state index contributed by atoms with van der Waals surface area (Å²) >= 11 is 0. The number of nitrogens with zero attached hydrogens (tertiary/aromatic N) is 1. The standard InChI is InChI=1S/C20H16F3N3O4/c1-30-14-8-6-13(7-9-14)17(27)15-16(12-4-2-11(10-24)3-5-12)25-18(28)26-19(15,29)20(21,22)23/h2-9,15-16,29H,1H3,(H2,25,26,28). The summed E-state index contributed by atoms with van der Waals surface area (Å²) in [6.45, 7) is 0. The first-order chi connectivity index (χ1) is 14.1. The van der Waals surface area contributed by atoms with E-state index in [1.165, 1.54) is 61.0 Å². The van der Waals surface area contributed by atoms with E-state index in [1.807, 2.05) is 6.07 Å². The number of carbonyl (C=O) groups is 2. The van der Waals surface area contributed by atoms with Crippen LogP contribution < -0.4 is 15.4 Å². The van der Waals surface area contributed by atoms with Crippen molar-refractivity contribution in [3.05, 3.63) is 65.2 Å². The van der Waals surface area contributed by atoms with Gasteiger partial charge in [0.1, 0.15) is 11.7 Å². The second-order valence-corrected chi connectivity index (χ2v) is 6.64. The van der Waals surface area contributed by atoms with Gasteiger partial charge in [-0.3, -0.25) is 4.79 Å². The van der Waals surface area contributed by atoms with E-state index in [0.717, 1.165) is 0 Å². The molecule has 0 aromatic heterocycles. The van der Waals surface area contributed by atoms with Crippen molar-refractivity contribution >= 4 is 11.8 Å². The van der Waals surface area contributed by atoms with Crippen molar-refractivity contribution in [3.8, 4) is 11.8 Å². The van der Waals surface area contributed by atoms with Crippen LogP contribution in [0, 0.1) is 17.2 Å². The number of hydrogen-bond donors (Lipinski definition) is 3. The minimum absolute atomic E-state index is 0.111. The van der Waals surface area contributed by atoms with Crippen molar-refractivity contribution in [3.63, 3.8) is 0 Å². The van der Waals surface area contributed by atoms with Gasteiger partial charge in [0.2, 0.25) is 5.72 Å². The van der Waals surface area contributed by atoms with E-state index in [-0.39, 0.29) is 16.7 Å². The second-order valence-electron chi connectivity index (χ2n) is 6.64. The summed E-state index contributed by atoms with van der Waals surface area (Å²) in [5.74, 6) is -2.80. The molecule has 0 saturated carbocycles. The number of methoxy groups -OCH3 is 1. The van der Waals surface area contributed by atoms with Gasteiger partial charge in [-0.2, -0.15) is 18.4 Å². The van der Waals surface area contributed by atoms with Gasteiger partial charge in [-0.1, -0.05) is 12.1 Å². The number of ether oxygens (including phenoxy) is 1. The Morgan fingerprint density at radius 2 is 1.77 bits per heavy atom. The summed E-state index contributed by atoms with van der Waals surface area (Å²) in [7, 11) is 1.39. The Kier molecular flexibility index (Phi) is 5.41. The number of benzene rings is 2. The number of alkyl halides is 3. The summed E-state index contributed by atoms with van der Waals surface area (Å²) in [6.07, 6.45) is -5.34. The number of amides is 2. The average molecular weight is 419 g/mol. The summed E-state index contributed by atoms with van der Waals surface area (Å²) < 4.78 is 46.5. The monoisotopic (exact) mass is 419 g/mol. The highest BCUT2D eigenvalue weighted by Crippen LogP contribution is 2.44. The van der Waals surface area contributed by atoms with Crippen LogP contribution in [-0.2, 0) is 0 Å². The fourth-order valence-electron chi connectivity index (χ4n) is 3.32. The lowest BCUT2D eigenvalue weighted by atomic mass is 9.77. The lowest BCUT2D eigenvalue weighted by Crippen LogP contribution is -2.72. The number of halogens is 3. The van der Waals surface area contributed by atoms with Crippen LogP contribution in [0.25, 0.3) is 0 Å². The highest BCUT2D eigenvalue weighted by Gasteiger charge is 2.66. The number of Topliss-reactive ketones (excluding diaryl/α,β-unsaturated/α-hetero) is 1. The van der Waals surface area contributed by atoms with Crippen LogP contribution in [-0.4, -0.2) is 35.9 Å². The first-order valence-electron chi connectivity index (χ1n) is 8.67. The number of ketones is 1. The summed E-state index contributed by atoms with van der Waals surface area (Å²) in [5, 5.41) is 23.2. The third-order valence-electron chi connectivity index (χ3n) is 4.86. The first kappa shape index (κ1) is 21.1. The molecule has 1 aliphatic rings. The molecular formula is C20H16F3N3O4. The van der Waals surface area contributed by atoms with Gasteiger partial charge in [0.05, 0.1) is 24.8 Å². The molecule has 0 bridgehead atoms. The molecule has 156 valence electrons. The quantitative estimate of drug-likeness (QED) is 0.660. The van der Waals surface area contributed by atoms with Crippen molar-refractivity contribution in [1.29, 1.82) is 5.26 Å². The molecule has 1 fully saturated rings. The maximum Gasteiger partial charge on any atom is 0.437 e. The van der Waals surface area contributed by atoms with Crippen LogP contribution in [0.3, 0.4) is 0 Å². The fraction of sp³-hybridized carbons (Fsp3) is 0.250. The molecule has 2 aromatic rings. The Balaban J connectivity index is 2.13. The zero-order valence-corrected chi connectivity index (χ0v) is 15.5. The predicted molar refractivity (Wildman–Crippen MR) is 97.4 cm³/mol. The molecule has 7 nitrogen and oxygen atoms in total. The smallest absolute Gasteiger partial charge is 0.437 e. The van der Waals surface area contributed by atoms with Crippen molar-refractivity contribution in [2.75, 3.05) is 7.11 Å². The molecule has 2 aromatic carbocycles. The van der Waals surface area contributed by atoms with Crippen molar-refractivity contribution in [1.82, 2.24) is 10.6 Å². The largest absolute Gasteiger partial charge is 0.497 e. The topological polar surface area (TPSA) is 111 Å². The van der Waals surface area contributed by atoms with Crippen LogP contribution in [0.15, 0.2) is 48.5 Å². The van der Waals surface area contributed by atoms with Gasteiger partial charge < -0.3 is 20.5 Å². The molecule has 0 aliphatic carbocycles. The van der Waals surface area contributed by atoms with E-state index in [9.17, 15) is 27.9 Å². The van der Waals surface area contributed by atoms with Gasteiger partial charge in [-0.25, -0.2) is 4.79 Å². The Labute approximate surface area is 169 Å². The minimum atomic E-state index is -5.34. The molecule has 3 rings (SSSR count). The van der Waals surface area contributed by atoms with Gasteiger partial charge in [-0.05, 0) is 42.0 Å². The van der Waals surface area contributed by atoms with Crippen molar-refractivity contribution in [2.45, 2.75) is 17.9 Å². The number of rotatable bonds is 4. The van der Waals surface area contributed by atoms with Gasteiger partial charge in [0, 0.05) is 5.56 Å². The SMILES string of the molecule is COc1ccc(C(=O)C2C(c3ccc(C#N)cc3)NC(=O)NC2(O)C(F)(F)F)cc1. The van der Waals surface area contributed by atoms with E-state index in [2.05, 4.69) is 5.32 Å². The zero-order valence-electron chi connectivity index (χ0n) is 15.5. The molecule has 3 atom stereocenters. The van der Waals surface area contributed by atoms with Crippen molar-refractivity contribution < 1.29 is 32.6 Å². The Morgan fingerprint density at radius 1 is 1.17 bits per heavy atom. The molecule has 0 spiro atoms. The Morgan fingerprint density at radius 3 is 2.27 bits per heavy atom. The molecule has 1 saturated heterocycles. The maximum absolute atomic E-state index is 13.8. The van der Waals surface area contributed by atoms with Crippen LogP contribution in [0.2, 0.25) is 0 Å². The molecule has 2 amide bonds. The number of nitrogens with one attached hydrogen (secondary N) is 2. The Hall–Kier alpha value is -3.58. The molecule has 30 heavy (non-hydrogen) atoms. The fourth-order valence-corrected chi connectivity index (χ4v) is 3.32. The number of aliphatic hydroxyl groups is 1. The van der Waals surface area contributed by atoms with Gasteiger partial charge >= 0.3 is 12.2 Å². The van der Waals surface area contributed by atoms with E-state index in [1.54, 1.807) is 0 Å². The average Bonchev–Trinajstić information content (AvgIpc) is 2.72. The molecule has 3 N–H and O–H groups in total. The normalized spacial score (nSPS) is 23.7. The lowest BCUT2D eigenvalue weighted by Gasteiger charge is -2.45. The van der Waals surface area contributed by atoms with Crippen LogP contribution in [0.1, 0.15) is 27.5 Å². The van der Waals surface area contributed by atoms with Crippen LogP contribution >= 0.6 is 0 Å². The molecular weight excluding hydrogens is 403 g/mol. The number of hydrogen-bond acceptors (Lipinski definition) is 5. The minimum Gasteiger partial charge on any atom is -0.497 e. The molecule has 1 aliphatic heterocycles. The summed E-state index contributed by atoms with van der Waals surface area (Å²) in [4.78, 5) is 25.1. The molecule has 1 heterocycles. The van der Waals surface area contributed by atoms with Gasteiger partial charge in [0.25, 0.3) is 0 Å². The maximum atomic E-state index is 13.8. The third-order valence-corrected chi connectivity index (χ3v) is 4.86. The number of nitriles is 1. The lowest BCUT2D eigenvalue weighted by molar-refractivity contribution is -0.287. The van der Waals surface area contributed by atoms with E-state index < -0.39 is 35.7 Å². The molecule has 0 radical (unpaired) electrons. The van der Waals surface area contributed by atoms with Crippen molar-refractivity contribution in [2.24, 2.45) is 5.92 Å². The summed E-state index contributed by atoms with van der Waals surface area (Å²) in [5.41, 5.74) is -3.56. The van der Waals surface area contributed by atoms with Gasteiger partial charge in [-0.15, -0.1) is 0 Å². The molecule has 3 unspecified atom stereocenters. The Bertz CT molecular complexity index is 1000. The van der Waals surface area contributed by atoms with Gasteiger partial charge in [0.15, 0.2) is 5.78 Å². The second kappa shape index (κ2) is 7.68. The zero-order chi connectivity index (χ0) is 22.1. The van der Waals surface area contributed by atoms with Crippen LogP contribution in [0.4, 0.5) is 18.0 Å². The van der Waals surface area contributed by atoms with E-state index in [0.29, 0.717) is 5.75 Å². The highest BCUT2D eigenvalue weighted by molar-refractivity contribution is 6.00. The highest BCUT2D eigenvalue weighted by atomic mass is 19.4. The number of urea groups is 1.